The molecule has 5 nitrogen and oxygen atoms in total. The van der Waals surface area contributed by atoms with Crippen molar-refractivity contribution in [1.29, 1.82) is 0 Å². The van der Waals surface area contributed by atoms with Gasteiger partial charge in [0.15, 0.2) is 6.61 Å². The predicted octanol–water partition coefficient (Wildman–Crippen LogP) is 2.81. The lowest BCUT2D eigenvalue weighted by atomic mass is 10.0. The normalized spacial score (nSPS) is 24.8. The van der Waals surface area contributed by atoms with Crippen LogP contribution in [0.2, 0.25) is 0 Å². The Hall–Kier alpha value is -2.19. The van der Waals surface area contributed by atoms with Crippen molar-refractivity contribution < 1.29 is 22.6 Å². The van der Waals surface area contributed by atoms with Gasteiger partial charge in [0.1, 0.15) is 0 Å². The minimum Gasteiger partial charge on any atom is -0.454 e. The van der Waals surface area contributed by atoms with Crippen LogP contribution in [-0.4, -0.2) is 41.4 Å². The maximum Gasteiger partial charge on any atom is 0.422 e. The highest BCUT2D eigenvalue weighted by molar-refractivity contribution is 5.29. The Balaban J connectivity index is 1.40. The van der Waals surface area contributed by atoms with Crippen LogP contribution in [0.25, 0.3) is 0 Å². The Morgan fingerprint density at radius 1 is 1.19 bits per heavy atom. The van der Waals surface area contributed by atoms with Crippen LogP contribution in [0.5, 0.6) is 6.01 Å². The maximum absolute atomic E-state index is 12.2. The van der Waals surface area contributed by atoms with E-state index in [1.807, 2.05) is 24.3 Å². The highest BCUT2D eigenvalue weighted by Gasteiger charge is 2.41. The summed E-state index contributed by atoms with van der Waals surface area (Å²) in [5.41, 5.74) is 2.73. The SMILES string of the molecule is FC(F)(F)COc1nccc(Cc2ccc([C@H]3O[C@@H]4CN[C@H]3C4)cc2)n1. The standard InChI is InChI=1S/C18H18F3N3O2/c19-18(20,21)10-25-17-22-6-5-13(24-17)7-11-1-3-12(4-2-11)16-15-8-14(26-16)9-23-15/h1-6,14-16,23H,7-10H2/t14-,15-,16+/m0/s1. The van der Waals surface area contributed by atoms with Crippen LogP contribution in [0.15, 0.2) is 36.5 Å². The fourth-order valence-corrected chi connectivity index (χ4v) is 3.40. The minimum absolute atomic E-state index is 0.0872. The Morgan fingerprint density at radius 3 is 2.65 bits per heavy atom. The summed E-state index contributed by atoms with van der Waals surface area (Å²) >= 11 is 0. The molecule has 0 unspecified atom stereocenters. The summed E-state index contributed by atoms with van der Waals surface area (Å²) in [4.78, 5) is 7.75. The fraction of sp³-hybridized carbons (Fsp3) is 0.444. The second-order valence-corrected chi connectivity index (χ2v) is 6.58. The molecule has 2 saturated heterocycles. The average Bonchev–Trinajstić information content (AvgIpc) is 3.24. The summed E-state index contributed by atoms with van der Waals surface area (Å²) < 4.78 is 47.2. The quantitative estimate of drug-likeness (QED) is 0.883. The number of ether oxygens (including phenoxy) is 2. The number of hydrogen-bond donors (Lipinski definition) is 1. The number of morpholine rings is 1. The van der Waals surface area contributed by atoms with E-state index in [0.717, 1.165) is 24.1 Å². The number of nitrogens with zero attached hydrogens (tertiary/aromatic N) is 2. The molecule has 3 heterocycles. The summed E-state index contributed by atoms with van der Waals surface area (Å²) in [7, 11) is 0. The molecule has 8 heteroatoms. The summed E-state index contributed by atoms with van der Waals surface area (Å²) in [6, 6.07) is 9.82. The second kappa shape index (κ2) is 6.85. The van der Waals surface area contributed by atoms with E-state index in [0.29, 0.717) is 24.3 Å². The molecule has 0 amide bonds. The number of rotatable bonds is 5. The lowest BCUT2D eigenvalue weighted by molar-refractivity contribution is -0.154. The molecular weight excluding hydrogens is 347 g/mol. The van der Waals surface area contributed by atoms with Crippen molar-refractivity contribution in [1.82, 2.24) is 15.3 Å². The Kier molecular flexibility index (Phi) is 4.54. The van der Waals surface area contributed by atoms with Crippen LogP contribution in [-0.2, 0) is 11.2 Å². The van der Waals surface area contributed by atoms with Gasteiger partial charge >= 0.3 is 12.2 Å². The van der Waals surface area contributed by atoms with Crippen molar-refractivity contribution in [3.63, 3.8) is 0 Å². The zero-order valence-corrected chi connectivity index (χ0v) is 13.9. The molecule has 2 bridgehead atoms. The molecule has 0 radical (unpaired) electrons. The first kappa shape index (κ1) is 17.2. The Labute approximate surface area is 148 Å². The van der Waals surface area contributed by atoms with Crippen molar-refractivity contribution in [2.45, 2.75) is 37.3 Å². The highest BCUT2D eigenvalue weighted by Crippen LogP contribution is 2.36. The molecule has 1 aromatic carbocycles. The number of fused-ring (bicyclic) bond motifs is 2. The van der Waals surface area contributed by atoms with Gasteiger partial charge in [-0.3, -0.25) is 0 Å². The smallest absolute Gasteiger partial charge is 0.422 e. The van der Waals surface area contributed by atoms with Crippen LogP contribution in [0, 0.1) is 0 Å². The van der Waals surface area contributed by atoms with Crippen molar-refractivity contribution in [3.05, 3.63) is 53.3 Å². The van der Waals surface area contributed by atoms with Crippen LogP contribution >= 0.6 is 0 Å². The third kappa shape index (κ3) is 3.96. The van der Waals surface area contributed by atoms with E-state index in [1.54, 1.807) is 6.07 Å². The summed E-state index contributed by atoms with van der Waals surface area (Å²) in [5.74, 6) is 0. The van der Waals surface area contributed by atoms with E-state index in [-0.39, 0.29) is 12.1 Å². The zero-order chi connectivity index (χ0) is 18.1. The fourth-order valence-electron chi connectivity index (χ4n) is 3.40. The molecule has 1 aromatic heterocycles. The van der Waals surface area contributed by atoms with Gasteiger partial charge in [-0.2, -0.15) is 18.2 Å². The largest absolute Gasteiger partial charge is 0.454 e. The first-order valence-corrected chi connectivity index (χ1v) is 8.45. The zero-order valence-electron chi connectivity index (χ0n) is 13.9. The van der Waals surface area contributed by atoms with Crippen LogP contribution in [0.1, 0.15) is 29.3 Å². The molecule has 4 rings (SSSR count). The van der Waals surface area contributed by atoms with Crippen molar-refractivity contribution >= 4 is 0 Å². The second-order valence-electron chi connectivity index (χ2n) is 6.58. The summed E-state index contributed by atoms with van der Waals surface area (Å²) in [5, 5.41) is 3.45. The lowest BCUT2D eigenvalue weighted by Crippen LogP contribution is -2.33. The summed E-state index contributed by atoms with van der Waals surface area (Å²) in [6.07, 6.45) is -1.08. The summed E-state index contributed by atoms with van der Waals surface area (Å²) in [6.45, 7) is -0.478. The monoisotopic (exact) mass is 365 g/mol. The molecule has 0 aliphatic carbocycles. The molecule has 1 N–H and O–H groups in total. The number of nitrogens with one attached hydrogen (secondary N) is 1. The molecular formula is C18H18F3N3O2. The maximum atomic E-state index is 12.2. The first-order chi connectivity index (χ1) is 12.5. The van der Waals surface area contributed by atoms with Gasteiger partial charge in [0.25, 0.3) is 0 Å². The number of aromatic nitrogens is 2. The van der Waals surface area contributed by atoms with E-state index in [4.69, 9.17) is 4.74 Å². The molecule has 0 spiro atoms. The Bertz CT molecular complexity index is 767. The highest BCUT2D eigenvalue weighted by atomic mass is 19.4. The van der Waals surface area contributed by atoms with Gasteiger partial charge in [0, 0.05) is 25.2 Å². The van der Waals surface area contributed by atoms with Gasteiger partial charge < -0.3 is 14.8 Å². The predicted molar refractivity (Wildman–Crippen MR) is 86.9 cm³/mol. The van der Waals surface area contributed by atoms with Crippen molar-refractivity contribution in [3.8, 4) is 6.01 Å². The van der Waals surface area contributed by atoms with Gasteiger partial charge in [0.05, 0.1) is 17.9 Å². The number of hydrogen-bond acceptors (Lipinski definition) is 5. The molecule has 0 saturated carbocycles. The molecule has 2 aliphatic heterocycles. The van der Waals surface area contributed by atoms with E-state index in [2.05, 4.69) is 20.0 Å². The van der Waals surface area contributed by atoms with E-state index < -0.39 is 12.8 Å². The van der Waals surface area contributed by atoms with Crippen molar-refractivity contribution in [2.75, 3.05) is 13.2 Å². The molecule has 26 heavy (non-hydrogen) atoms. The molecule has 2 aromatic rings. The topological polar surface area (TPSA) is 56.3 Å². The minimum atomic E-state index is -4.41. The van der Waals surface area contributed by atoms with Gasteiger partial charge in [-0.15, -0.1) is 0 Å². The van der Waals surface area contributed by atoms with E-state index >= 15 is 0 Å². The third-order valence-electron chi connectivity index (χ3n) is 4.58. The van der Waals surface area contributed by atoms with E-state index in [9.17, 15) is 13.2 Å². The van der Waals surface area contributed by atoms with Crippen LogP contribution < -0.4 is 10.1 Å². The molecule has 138 valence electrons. The van der Waals surface area contributed by atoms with Gasteiger partial charge in [-0.05, 0) is 23.6 Å². The molecule has 2 aliphatic rings. The number of halogens is 3. The van der Waals surface area contributed by atoms with Crippen molar-refractivity contribution in [2.24, 2.45) is 0 Å². The third-order valence-corrected chi connectivity index (χ3v) is 4.58. The number of benzene rings is 1. The first-order valence-electron chi connectivity index (χ1n) is 8.45. The van der Waals surface area contributed by atoms with Gasteiger partial charge in [-0.25, -0.2) is 4.98 Å². The molecule has 2 fully saturated rings. The van der Waals surface area contributed by atoms with Crippen LogP contribution in [0.3, 0.4) is 0 Å². The van der Waals surface area contributed by atoms with E-state index in [1.165, 1.54) is 6.20 Å². The average molecular weight is 365 g/mol. The number of alkyl halides is 3. The van der Waals surface area contributed by atoms with Gasteiger partial charge in [-0.1, -0.05) is 24.3 Å². The lowest BCUT2D eigenvalue weighted by Gasteiger charge is -2.23. The van der Waals surface area contributed by atoms with Crippen LogP contribution in [0.4, 0.5) is 13.2 Å². The van der Waals surface area contributed by atoms with Gasteiger partial charge in [0.2, 0.25) is 0 Å². The molecule has 3 atom stereocenters. The Morgan fingerprint density at radius 2 is 2.00 bits per heavy atom.